The quantitative estimate of drug-likeness (QED) is 0.512. The summed E-state index contributed by atoms with van der Waals surface area (Å²) in [7, 11) is 0. The maximum Gasteiger partial charge on any atom is 0.407 e. The highest BCUT2D eigenvalue weighted by molar-refractivity contribution is 6.33. The van der Waals surface area contributed by atoms with Gasteiger partial charge in [0.25, 0.3) is 0 Å². The lowest BCUT2D eigenvalue weighted by Crippen LogP contribution is -2.24. The van der Waals surface area contributed by atoms with Crippen LogP contribution in [0, 0.1) is 11.8 Å². The number of nitrogen functional groups attached to an aromatic ring is 1. The van der Waals surface area contributed by atoms with Crippen LogP contribution >= 0.6 is 11.6 Å². The van der Waals surface area contributed by atoms with Gasteiger partial charge in [0.1, 0.15) is 6.61 Å². The van der Waals surface area contributed by atoms with Crippen molar-refractivity contribution in [2.24, 2.45) is 0 Å². The molecule has 0 aliphatic heterocycles. The van der Waals surface area contributed by atoms with E-state index in [9.17, 15) is 4.79 Å². The first-order valence-corrected chi connectivity index (χ1v) is 7.51. The molecule has 118 valence electrons. The van der Waals surface area contributed by atoms with Crippen molar-refractivity contribution in [1.82, 2.24) is 5.32 Å². The number of ether oxygens (including phenoxy) is 1. The summed E-state index contributed by atoms with van der Waals surface area (Å²) >= 11 is 5.91. The van der Waals surface area contributed by atoms with Crippen LogP contribution in [0.15, 0.2) is 48.5 Å². The van der Waals surface area contributed by atoms with E-state index in [2.05, 4.69) is 17.2 Å². The highest BCUT2D eigenvalue weighted by Gasteiger charge is 2.00. The molecule has 2 aromatic carbocycles. The normalized spacial score (nSPS) is 9.61. The number of halogens is 1. The standard InChI is InChI=1S/C18H17ClN2O2/c19-16-12-14(9-10-17(16)20)6-4-5-11-21-18(22)23-13-15-7-2-1-3-8-15/h1-3,7-10,12H,5,11,13,20H2,(H,21,22). The van der Waals surface area contributed by atoms with E-state index in [4.69, 9.17) is 22.1 Å². The van der Waals surface area contributed by atoms with Gasteiger partial charge in [-0.15, -0.1) is 0 Å². The summed E-state index contributed by atoms with van der Waals surface area (Å²) in [6, 6.07) is 14.7. The van der Waals surface area contributed by atoms with Crippen molar-refractivity contribution in [3.63, 3.8) is 0 Å². The summed E-state index contributed by atoms with van der Waals surface area (Å²) in [5.74, 6) is 5.92. The van der Waals surface area contributed by atoms with Crippen LogP contribution in [0.5, 0.6) is 0 Å². The smallest absolute Gasteiger partial charge is 0.407 e. The van der Waals surface area contributed by atoms with Crippen molar-refractivity contribution in [1.29, 1.82) is 0 Å². The fourth-order valence-corrected chi connectivity index (χ4v) is 1.95. The van der Waals surface area contributed by atoms with Crippen molar-refractivity contribution in [3.8, 4) is 11.8 Å². The molecule has 4 nitrogen and oxygen atoms in total. The molecule has 1 amide bonds. The predicted molar refractivity (Wildman–Crippen MR) is 92.0 cm³/mol. The van der Waals surface area contributed by atoms with Gasteiger partial charge in [0.15, 0.2) is 0 Å². The number of nitrogens with two attached hydrogens (primary N) is 1. The number of rotatable bonds is 4. The van der Waals surface area contributed by atoms with Gasteiger partial charge < -0.3 is 15.8 Å². The Bertz CT molecular complexity index is 721. The molecule has 2 aromatic rings. The summed E-state index contributed by atoms with van der Waals surface area (Å²) in [6.45, 7) is 0.672. The lowest BCUT2D eigenvalue weighted by molar-refractivity contribution is 0.140. The monoisotopic (exact) mass is 328 g/mol. The molecule has 0 unspecified atom stereocenters. The Labute approximate surface area is 140 Å². The van der Waals surface area contributed by atoms with Gasteiger partial charge in [-0.25, -0.2) is 4.79 Å². The van der Waals surface area contributed by atoms with Crippen LogP contribution in [-0.2, 0) is 11.3 Å². The van der Waals surface area contributed by atoms with Crippen LogP contribution in [0.3, 0.4) is 0 Å². The molecule has 0 aliphatic rings. The van der Waals surface area contributed by atoms with Gasteiger partial charge in [-0.2, -0.15) is 0 Å². The van der Waals surface area contributed by atoms with Gasteiger partial charge in [0.2, 0.25) is 0 Å². The molecule has 0 heterocycles. The third kappa shape index (κ3) is 5.93. The summed E-state index contributed by atoms with van der Waals surface area (Å²) in [5.41, 5.74) is 7.89. The van der Waals surface area contributed by atoms with E-state index in [1.54, 1.807) is 18.2 Å². The average molecular weight is 329 g/mol. The van der Waals surface area contributed by atoms with Gasteiger partial charge in [-0.05, 0) is 23.8 Å². The number of nitrogens with one attached hydrogen (secondary N) is 1. The highest BCUT2D eigenvalue weighted by Crippen LogP contribution is 2.18. The van der Waals surface area contributed by atoms with E-state index in [0.29, 0.717) is 23.7 Å². The van der Waals surface area contributed by atoms with Crippen LogP contribution in [0.2, 0.25) is 5.02 Å². The molecule has 0 spiro atoms. The number of benzene rings is 2. The van der Waals surface area contributed by atoms with E-state index in [0.717, 1.165) is 11.1 Å². The lowest BCUT2D eigenvalue weighted by Gasteiger charge is -2.05. The van der Waals surface area contributed by atoms with Gasteiger partial charge in [-0.1, -0.05) is 53.8 Å². The number of hydrogen-bond acceptors (Lipinski definition) is 3. The van der Waals surface area contributed by atoms with Crippen LogP contribution in [0.4, 0.5) is 10.5 Å². The van der Waals surface area contributed by atoms with Crippen molar-refractivity contribution >= 4 is 23.4 Å². The number of hydrogen-bond donors (Lipinski definition) is 2. The van der Waals surface area contributed by atoms with Crippen molar-refractivity contribution in [2.75, 3.05) is 12.3 Å². The number of alkyl carbamates (subject to hydrolysis) is 1. The Morgan fingerprint density at radius 1 is 1.22 bits per heavy atom. The van der Waals surface area contributed by atoms with Gasteiger partial charge >= 0.3 is 6.09 Å². The number of amides is 1. The first kappa shape index (κ1) is 16.7. The fourth-order valence-electron chi connectivity index (χ4n) is 1.77. The average Bonchev–Trinajstić information content (AvgIpc) is 2.57. The van der Waals surface area contributed by atoms with Crippen LogP contribution < -0.4 is 11.1 Å². The van der Waals surface area contributed by atoms with E-state index in [-0.39, 0.29) is 6.61 Å². The first-order valence-electron chi connectivity index (χ1n) is 7.13. The fraction of sp³-hybridized carbons (Fsp3) is 0.167. The number of anilines is 1. The lowest BCUT2D eigenvalue weighted by atomic mass is 10.2. The zero-order valence-electron chi connectivity index (χ0n) is 12.5. The summed E-state index contributed by atoms with van der Waals surface area (Å²) in [6.07, 6.45) is 0.0637. The summed E-state index contributed by atoms with van der Waals surface area (Å²) in [4.78, 5) is 11.5. The van der Waals surface area contributed by atoms with Gasteiger partial charge in [0, 0.05) is 18.5 Å². The topological polar surface area (TPSA) is 64.3 Å². The molecule has 0 radical (unpaired) electrons. The molecule has 0 atom stereocenters. The molecule has 0 aliphatic carbocycles. The van der Waals surface area contributed by atoms with E-state index in [1.807, 2.05) is 30.3 Å². The minimum Gasteiger partial charge on any atom is -0.445 e. The van der Waals surface area contributed by atoms with Crippen molar-refractivity contribution in [3.05, 3.63) is 64.7 Å². The molecule has 0 bridgehead atoms. The second kappa shape index (κ2) is 8.72. The molecule has 0 saturated heterocycles. The van der Waals surface area contributed by atoms with E-state index in [1.165, 1.54) is 0 Å². The summed E-state index contributed by atoms with van der Waals surface area (Å²) < 4.78 is 5.09. The van der Waals surface area contributed by atoms with Crippen LogP contribution in [0.1, 0.15) is 17.5 Å². The molecule has 2 rings (SSSR count). The Kier molecular flexibility index (Phi) is 6.34. The van der Waals surface area contributed by atoms with Gasteiger partial charge in [0.05, 0.1) is 10.7 Å². The number of carbonyl (C=O) groups excluding carboxylic acids is 1. The predicted octanol–water partition coefficient (Wildman–Crippen LogP) is 3.59. The zero-order valence-corrected chi connectivity index (χ0v) is 13.3. The largest absolute Gasteiger partial charge is 0.445 e. The minimum absolute atomic E-state index is 0.252. The molecule has 0 saturated carbocycles. The second-order valence-corrected chi connectivity index (χ2v) is 5.18. The van der Waals surface area contributed by atoms with Crippen LogP contribution in [0.25, 0.3) is 0 Å². The molecule has 0 aromatic heterocycles. The highest BCUT2D eigenvalue weighted by atomic mass is 35.5. The van der Waals surface area contributed by atoms with E-state index >= 15 is 0 Å². The van der Waals surface area contributed by atoms with Crippen molar-refractivity contribution in [2.45, 2.75) is 13.0 Å². The maximum absolute atomic E-state index is 11.5. The number of carbonyl (C=O) groups is 1. The molecule has 3 N–H and O–H groups in total. The van der Waals surface area contributed by atoms with Gasteiger partial charge in [-0.3, -0.25) is 0 Å². The molecular weight excluding hydrogens is 312 g/mol. The Hall–Kier alpha value is -2.64. The van der Waals surface area contributed by atoms with E-state index < -0.39 is 6.09 Å². The molecule has 23 heavy (non-hydrogen) atoms. The molecular formula is C18H17ClN2O2. The Morgan fingerprint density at radius 3 is 2.74 bits per heavy atom. The Morgan fingerprint density at radius 2 is 2.00 bits per heavy atom. The third-order valence-corrected chi connectivity index (χ3v) is 3.29. The Balaban J connectivity index is 1.68. The maximum atomic E-state index is 11.5. The molecule has 5 heteroatoms. The SMILES string of the molecule is Nc1ccc(C#CCCNC(=O)OCc2ccccc2)cc1Cl. The molecule has 0 fully saturated rings. The zero-order chi connectivity index (χ0) is 16.5. The first-order chi connectivity index (χ1) is 11.1. The van der Waals surface area contributed by atoms with Crippen LogP contribution in [-0.4, -0.2) is 12.6 Å². The van der Waals surface area contributed by atoms with Crippen molar-refractivity contribution < 1.29 is 9.53 Å². The minimum atomic E-state index is -0.453. The third-order valence-electron chi connectivity index (χ3n) is 2.97. The summed E-state index contributed by atoms with van der Waals surface area (Å²) in [5, 5.41) is 3.14. The second-order valence-electron chi connectivity index (χ2n) is 4.78.